The molecule has 1 aromatic carbocycles. The maximum absolute atomic E-state index is 9.32. The molecule has 1 N–H and O–H groups in total. The average molecular weight is 280 g/mol. The maximum atomic E-state index is 9.32. The molecule has 0 saturated carbocycles. The number of hydrogen-bond donors (Lipinski definition) is 1. The smallest absolute Gasteiger partial charge is 0.121 e. The minimum absolute atomic E-state index is 0.596. The van der Waals surface area contributed by atoms with E-state index in [9.17, 15) is 5.26 Å². The van der Waals surface area contributed by atoms with Gasteiger partial charge in [0, 0.05) is 12.1 Å². The highest BCUT2D eigenvalue weighted by Crippen LogP contribution is 2.28. The van der Waals surface area contributed by atoms with Crippen molar-refractivity contribution in [2.24, 2.45) is 0 Å². The van der Waals surface area contributed by atoms with Crippen molar-refractivity contribution in [3.63, 3.8) is 0 Å². The molecule has 0 unspecified atom stereocenters. The van der Waals surface area contributed by atoms with Crippen molar-refractivity contribution in [2.75, 3.05) is 0 Å². The summed E-state index contributed by atoms with van der Waals surface area (Å²) in [6.45, 7) is 0. The van der Waals surface area contributed by atoms with E-state index in [2.05, 4.69) is 35.3 Å². The first-order chi connectivity index (χ1) is 9.79. The summed E-state index contributed by atoms with van der Waals surface area (Å²) in [5, 5.41) is 9.32. The Balaban J connectivity index is 2.10. The molecule has 0 aliphatic heterocycles. The monoisotopic (exact) mass is 280 g/mol. The molecule has 2 nitrogen and oxygen atoms in total. The topological polar surface area (TPSA) is 39.6 Å². The van der Waals surface area contributed by atoms with Crippen LogP contribution in [0.4, 0.5) is 0 Å². The molecular weight excluding hydrogens is 264 g/mol. The van der Waals surface area contributed by atoms with Crippen molar-refractivity contribution in [3.8, 4) is 6.07 Å². The van der Waals surface area contributed by atoms with Gasteiger partial charge in [-0.1, -0.05) is 42.5 Å². The Morgan fingerprint density at radius 3 is 2.50 bits per heavy atom. The number of nitrogens with one attached hydrogen (secondary N) is 1. The molecule has 0 spiro atoms. The quantitative estimate of drug-likeness (QED) is 0.842. The van der Waals surface area contributed by atoms with Crippen molar-refractivity contribution in [1.29, 1.82) is 5.26 Å². The van der Waals surface area contributed by atoms with Gasteiger partial charge < -0.3 is 4.98 Å². The SMILES string of the molecule is N#Cc1c2c(c(Cc3ccccc3)[nH]c1=S)CCCC2. The molecule has 0 atom stereocenters. The summed E-state index contributed by atoms with van der Waals surface area (Å²) in [4.78, 5) is 3.30. The molecule has 20 heavy (non-hydrogen) atoms. The van der Waals surface area contributed by atoms with Crippen molar-refractivity contribution in [1.82, 2.24) is 4.98 Å². The fraction of sp³-hybridized carbons (Fsp3) is 0.294. The highest BCUT2D eigenvalue weighted by molar-refractivity contribution is 7.71. The van der Waals surface area contributed by atoms with Crippen molar-refractivity contribution in [2.45, 2.75) is 32.1 Å². The largest absolute Gasteiger partial charge is 0.348 e. The molecule has 0 radical (unpaired) electrons. The van der Waals surface area contributed by atoms with Gasteiger partial charge in [0.15, 0.2) is 0 Å². The molecule has 0 fully saturated rings. The summed E-state index contributed by atoms with van der Waals surface area (Å²) in [5.41, 5.74) is 5.66. The lowest BCUT2D eigenvalue weighted by Crippen LogP contribution is -2.12. The third-order valence-electron chi connectivity index (χ3n) is 3.96. The van der Waals surface area contributed by atoms with E-state index < -0.39 is 0 Å². The lowest BCUT2D eigenvalue weighted by molar-refractivity contribution is 0.671. The van der Waals surface area contributed by atoms with Crippen LogP contribution in [0.1, 0.15) is 40.8 Å². The lowest BCUT2D eigenvalue weighted by atomic mass is 9.87. The van der Waals surface area contributed by atoms with Gasteiger partial charge in [-0.2, -0.15) is 5.26 Å². The first kappa shape index (κ1) is 13.1. The Hall–Kier alpha value is -1.92. The Bertz CT molecular complexity index is 723. The molecule has 0 saturated heterocycles. The first-order valence-electron chi connectivity index (χ1n) is 7.00. The average Bonchev–Trinajstić information content (AvgIpc) is 2.49. The van der Waals surface area contributed by atoms with E-state index in [-0.39, 0.29) is 0 Å². The molecule has 1 aliphatic rings. The Kier molecular flexibility index (Phi) is 3.66. The van der Waals surface area contributed by atoms with E-state index >= 15 is 0 Å². The molecule has 1 aliphatic carbocycles. The van der Waals surface area contributed by atoms with Crippen LogP contribution in [-0.2, 0) is 19.3 Å². The van der Waals surface area contributed by atoms with Crippen LogP contribution in [0.5, 0.6) is 0 Å². The maximum Gasteiger partial charge on any atom is 0.121 e. The fourth-order valence-electron chi connectivity index (χ4n) is 3.00. The van der Waals surface area contributed by atoms with Gasteiger partial charge in [-0.3, -0.25) is 0 Å². The third kappa shape index (κ3) is 2.39. The summed E-state index contributed by atoms with van der Waals surface area (Å²) in [6.07, 6.45) is 5.25. The number of hydrogen-bond acceptors (Lipinski definition) is 2. The van der Waals surface area contributed by atoms with Crippen LogP contribution in [-0.4, -0.2) is 4.98 Å². The van der Waals surface area contributed by atoms with E-state index in [4.69, 9.17) is 12.2 Å². The van der Waals surface area contributed by atoms with Crippen LogP contribution < -0.4 is 0 Å². The molecular formula is C17H16N2S. The van der Waals surface area contributed by atoms with E-state index in [0.29, 0.717) is 10.2 Å². The number of fused-ring (bicyclic) bond motifs is 1. The second-order valence-corrected chi connectivity index (χ2v) is 5.65. The molecule has 0 amide bonds. The minimum atomic E-state index is 0.596. The van der Waals surface area contributed by atoms with Gasteiger partial charge in [0.25, 0.3) is 0 Å². The zero-order valence-corrected chi connectivity index (χ0v) is 12.1. The first-order valence-corrected chi connectivity index (χ1v) is 7.41. The number of H-pyrrole nitrogens is 1. The second-order valence-electron chi connectivity index (χ2n) is 5.25. The van der Waals surface area contributed by atoms with Crippen LogP contribution in [0.2, 0.25) is 0 Å². The molecule has 0 bridgehead atoms. The summed E-state index contributed by atoms with van der Waals surface area (Å²) < 4.78 is 0.596. The second kappa shape index (κ2) is 5.60. The van der Waals surface area contributed by atoms with Gasteiger partial charge in [0.2, 0.25) is 0 Å². The fourth-order valence-corrected chi connectivity index (χ4v) is 3.29. The molecule has 3 heteroatoms. The number of nitrogens with zero attached hydrogens (tertiary/aromatic N) is 1. The molecule has 1 heterocycles. The van der Waals surface area contributed by atoms with Gasteiger partial charge in [-0.15, -0.1) is 0 Å². The van der Waals surface area contributed by atoms with Crippen LogP contribution in [0.25, 0.3) is 0 Å². The van der Waals surface area contributed by atoms with E-state index in [1.165, 1.54) is 28.8 Å². The van der Waals surface area contributed by atoms with Crippen LogP contribution in [0.15, 0.2) is 30.3 Å². The van der Waals surface area contributed by atoms with Gasteiger partial charge in [-0.25, -0.2) is 0 Å². The Morgan fingerprint density at radius 2 is 1.80 bits per heavy atom. The van der Waals surface area contributed by atoms with Gasteiger partial charge in [0.1, 0.15) is 10.7 Å². The normalized spacial score (nSPS) is 13.6. The van der Waals surface area contributed by atoms with Gasteiger partial charge in [0.05, 0.1) is 5.56 Å². The summed E-state index contributed by atoms with van der Waals surface area (Å²) >= 11 is 5.36. The predicted molar refractivity (Wildman–Crippen MR) is 82.2 cm³/mol. The van der Waals surface area contributed by atoms with Crippen molar-refractivity contribution < 1.29 is 0 Å². The minimum Gasteiger partial charge on any atom is -0.348 e. The molecule has 1 aromatic heterocycles. The van der Waals surface area contributed by atoms with E-state index in [0.717, 1.165) is 25.7 Å². The molecule has 3 rings (SSSR count). The summed E-state index contributed by atoms with van der Waals surface area (Å²) in [7, 11) is 0. The molecule has 100 valence electrons. The van der Waals surface area contributed by atoms with Gasteiger partial charge >= 0.3 is 0 Å². The number of aromatic nitrogens is 1. The number of aromatic amines is 1. The van der Waals surface area contributed by atoms with Crippen LogP contribution >= 0.6 is 12.2 Å². The van der Waals surface area contributed by atoms with E-state index in [1.807, 2.05) is 6.07 Å². The van der Waals surface area contributed by atoms with E-state index in [1.54, 1.807) is 0 Å². The number of rotatable bonds is 2. The van der Waals surface area contributed by atoms with Gasteiger partial charge in [-0.05, 0) is 42.4 Å². The highest BCUT2D eigenvalue weighted by Gasteiger charge is 2.18. The number of nitriles is 1. The summed E-state index contributed by atoms with van der Waals surface area (Å²) in [5.74, 6) is 0. The summed E-state index contributed by atoms with van der Waals surface area (Å²) in [6, 6.07) is 12.7. The Labute approximate surface area is 124 Å². The number of pyridine rings is 1. The number of benzene rings is 1. The molecule has 2 aromatic rings. The van der Waals surface area contributed by atoms with Crippen LogP contribution in [0, 0.1) is 16.0 Å². The zero-order valence-electron chi connectivity index (χ0n) is 11.3. The third-order valence-corrected chi connectivity index (χ3v) is 4.27. The highest BCUT2D eigenvalue weighted by atomic mass is 32.1. The lowest BCUT2D eigenvalue weighted by Gasteiger charge is -2.20. The predicted octanol–water partition coefficient (Wildman–Crippen LogP) is 4.09. The van der Waals surface area contributed by atoms with Crippen molar-refractivity contribution >= 4 is 12.2 Å². The van der Waals surface area contributed by atoms with Crippen molar-refractivity contribution in [3.05, 3.63) is 62.9 Å². The zero-order chi connectivity index (χ0) is 13.9. The standard InChI is InChI=1S/C17H16N2S/c18-11-15-13-8-4-5-9-14(13)16(19-17(15)20)10-12-6-2-1-3-7-12/h1-3,6-7H,4-5,8-10H2,(H,19,20). The van der Waals surface area contributed by atoms with Crippen LogP contribution in [0.3, 0.4) is 0 Å². The Morgan fingerprint density at radius 1 is 1.10 bits per heavy atom.